The molecule has 2 heterocycles. The molecule has 6 nitrogen and oxygen atoms in total. The van der Waals surface area contributed by atoms with Gasteiger partial charge in [0.2, 0.25) is 5.91 Å². The Labute approximate surface area is 94.2 Å². The lowest BCUT2D eigenvalue weighted by Crippen LogP contribution is -2.41. The van der Waals surface area contributed by atoms with Gasteiger partial charge >= 0.3 is 0 Å². The Balaban J connectivity index is 1.75. The quantitative estimate of drug-likeness (QED) is 0.640. The topological polar surface area (TPSA) is 82.7 Å². The van der Waals surface area contributed by atoms with Crippen LogP contribution in [-0.2, 0) is 11.2 Å². The summed E-state index contributed by atoms with van der Waals surface area (Å²) in [6, 6.07) is 0. The van der Waals surface area contributed by atoms with Crippen LogP contribution in [0.2, 0.25) is 0 Å². The average molecular weight is 223 g/mol. The first-order valence-electron chi connectivity index (χ1n) is 5.54. The molecule has 6 heteroatoms. The van der Waals surface area contributed by atoms with E-state index in [2.05, 4.69) is 25.8 Å². The molecule has 1 amide bonds. The van der Waals surface area contributed by atoms with E-state index >= 15 is 0 Å². The van der Waals surface area contributed by atoms with Crippen molar-refractivity contribution in [2.75, 3.05) is 19.6 Å². The third-order valence-electron chi connectivity index (χ3n) is 3.03. The van der Waals surface area contributed by atoms with Crippen molar-refractivity contribution >= 4 is 5.91 Å². The van der Waals surface area contributed by atoms with Crippen LogP contribution < -0.4 is 10.6 Å². The smallest absolute Gasteiger partial charge is 0.227 e. The van der Waals surface area contributed by atoms with Gasteiger partial charge in [-0.25, -0.2) is 4.98 Å². The van der Waals surface area contributed by atoms with Crippen molar-refractivity contribution in [3.63, 3.8) is 0 Å². The molecule has 0 saturated carbocycles. The summed E-state index contributed by atoms with van der Waals surface area (Å²) in [5.41, 5.74) is -0.249. The van der Waals surface area contributed by atoms with E-state index in [0.717, 1.165) is 25.3 Å². The summed E-state index contributed by atoms with van der Waals surface area (Å²) in [6.45, 7) is 4.29. The highest BCUT2D eigenvalue weighted by Gasteiger charge is 2.35. The van der Waals surface area contributed by atoms with E-state index in [1.165, 1.54) is 6.33 Å². The molecule has 1 saturated heterocycles. The molecule has 16 heavy (non-hydrogen) atoms. The van der Waals surface area contributed by atoms with Crippen LogP contribution in [0.3, 0.4) is 0 Å². The lowest BCUT2D eigenvalue weighted by atomic mass is 9.89. The van der Waals surface area contributed by atoms with Gasteiger partial charge < -0.3 is 10.6 Å². The van der Waals surface area contributed by atoms with Gasteiger partial charge in [0.25, 0.3) is 0 Å². The fourth-order valence-electron chi connectivity index (χ4n) is 1.87. The van der Waals surface area contributed by atoms with Gasteiger partial charge in [0.1, 0.15) is 12.2 Å². The van der Waals surface area contributed by atoms with Crippen molar-refractivity contribution in [2.45, 2.75) is 19.8 Å². The SMILES string of the molecule is CC1(C(=O)NCCc2ncn[nH]2)CCNC1. The minimum Gasteiger partial charge on any atom is -0.355 e. The number of aromatic nitrogens is 3. The zero-order chi connectivity index (χ0) is 11.4. The Morgan fingerprint density at radius 2 is 2.56 bits per heavy atom. The second kappa shape index (κ2) is 4.61. The molecule has 0 radical (unpaired) electrons. The van der Waals surface area contributed by atoms with Gasteiger partial charge in [-0.15, -0.1) is 0 Å². The van der Waals surface area contributed by atoms with Crippen LogP contribution in [-0.4, -0.2) is 40.7 Å². The maximum Gasteiger partial charge on any atom is 0.227 e. The number of amides is 1. The van der Waals surface area contributed by atoms with E-state index in [4.69, 9.17) is 0 Å². The molecule has 88 valence electrons. The molecule has 1 aliphatic heterocycles. The lowest BCUT2D eigenvalue weighted by molar-refractivity contribution is -0.129. The van der Waals surface area contributed by atoms with E-state index in [1.54, 1.807) is 0 Å². The number of H-pyrrole nitrogens is 1. The Bertz CT molecular complexity index is 342. The summed E-state index contributed by atoms with van der Waals surface area (Å²) in [4.78, 5) is 15.9. The summed E-state index contributed by atoms with van der Waals surface area (Å²) in [6.07, 6.45) is 3.07. The molecule has 1 aromatic rings. The highest BCUT2D eigenvalue weighted by atomic mass is 16.2. The first-order chi connectivity index (χ1) is 7.71. The van der Waals surface area contributed by atoms with Gasteiger partial charge in [-0.1, -0.05) is 0 Å². The molecule has 0 spiro atoms. The molecular formula is C10H17N5O. The molecule has 1 aromatic heterocycles. The van der Waals surface area contributed by atoms with E-state index in [9.17, 15) is 4.79 Å². The number of nitrogens with zero attached hydrogens (tertiary/aromatic N) is 2. The van der Waals surface area contributed by atoms with Crippen LogP contribution >= 0.6 is 0 Å². The number of hydrogen-bond acceptors (Lipinski definition) is 4. The van der Waals surface area contributed by atoms with Crippen LogP contribution in [0.15, 0.2) is 6.33 Å². The summed E-state index contributed by atoms with van der Waals surface area (Å²) in [7, 11) is 0. The van der Waals surface area contributed by atoms with Crippen LogP contribution in [0.25, 0.3) is 0 Å². The molecular weight excluding hydrogens is 206 g/mol. The Morgan fingerprint density at radius 3 is 3.19 bits per heavy atom. The molecule has 0 aliphatic carbocycles. The number of nitrogens with one attached hydrogen (secondary N) is 3. The molecule has 3 N–H and O–H groups in total. The predicted molar refractivity (Wildman–Crippen MR) is 58.7 cm³/mol. The molecule has 1 atom stereocenters. The minimum absolute atomic E-state index is 0.122. The average Bonchev–Trinajstić information content (AvgIpc) is 2.90. The van der Waals surface area contributed by atoms with Gasteiger partial charge in [-0.05, 0) is 19.9 Å². The number of aromatic amines is 1. The summed E-state index contributed by atoms with van der Waals surface area (Å²) in [5, 5.41) is 12.7. The van der Waals surface area contributed by atoms with E-state index in [-0.39, 0.29) is 11.3 Å². The second-order valence-electron chi connectivity index (χ2n) is 4.43. The number of carbonyl (C=O) groups excluding carboxylic acids is 1. The molecule has 1 aliphatic rings. The zero-order valence-electron chi connectivity index (χ0n) is 9.42. The monoisotopic (exact) mass is 223 g/mol. The van der Waals surface area contributed by atoms with Gasteiger partial charge in [0.15, 0.2) is 0 Å². The Hall–Kier alpha value is -1.43. The third-order valence-corrected chi connectivity index (χ3v) is 3.03. The summed E-state index contributed by atoms with van der Waals surface area (Å²) >= 11 is 0. The van der Waals surface area contributed by atoms with E-state index in [1.807, 2.05) is 6.92 Å². The fourth-order valence-corrected chi connectivity index (χ4v) is 1.87. The zero-order valence-corrected chi connectivity index (χ0v) is 9.42. The van der Waals surface area contributed by atoms with Crippen LogP contribution in [0.5, 0.6) is 0 Å². The van der Waals surface area contributed by atoms with Crippen molar-refractivity contribution in [3.8, 4) is 0 Å². The summed E-state index contributed by atoms with van der Waals surface area (Å²) < 4.78 is 0. The molecule has 1 unspecified atom stereocenters. The van der Waals surface area contributed by atoms with Gasteiger partial charge in [-0.2, -0.15) is 5.10 Å². The number of hydrogen-bond donors (Lipinski definition) is 3. The van der Waals surface area contributed by atoms with Crippen molar-refractivity contribution in [2.24, 2.45) is 5.41 Å². The minimum atomic E-state index is -0.249. The third kappa shape index (κ3) is 2.38. The van der Waals surface area contributed by atoms with Gasteiger partial charge in [0, 0.05) is 19.5 Å². The van der Waals surface area contributed by atoms with Crippen LogP contribution in [0.4, 0.5) is 0 Å². The van der Waals surface area contributed by atoms with Crippen LogP contribution in [0, 0.1) is 5.41 Å². The predicted octanol–water partition coefficient (Wildman–Crippen LogP) is -0.537. The molecule has 0 aromatic carbocycles. The highest BCUT2D eigenvalue weighted by Crippen LogP contribution is 2.24. The number of rotatable bonds is 4. The van der Waals surface area contributed by atoms with Crippen molar-refractivity contribution in [3.05, 3.63) is 12.2 Å². The van der Waals surface area contributed by atoms with Crippen molar-refractivity contribution < 1.29 is 4.79 Å². The lowest BCUT2D eigenvalue weighted by Gasteiger charge is -2.21. The highest BCUT2D eigenvalue weighted by molar-refractivity contribution is 5.82. The first-order valence-corrected chi connectivity index (χ1v) is 5.54. The largest absolute Gasteiger partial charge is 0.355 e. The standard InChI is InChI=1S/C10H17N5O/c1-10(3-5-11-6-10)9(16)12-4-2-8-13-7-14-15-8/h7,11H,2-6H2,1H3,(H,12,16)(H,13,14,15). The molecule has 1 fully saturated rings. The Kier molecular flexibility index (Phi) is 3.19. The van der Waals surface area contributed by atoms with E-state index < -0.39 is 0 Å². The van der Waals surface area contributed by atoms with Crippen molar-refractivity contribution in [1.82, 2.24) is 25.8 Å². The van der Waals surface area contributed by atoms with E-state index in [0.29, 0.717) is 13.0 Å². The summed E-state index contributed by atoms with van der Waals surface area (Å²) in [5.74, 6) is 0.923. The normalized spacial score (nSPS) is 24.6. The second-order valence-corrected chi connectivity index (χ2v) is 4.43. The van der Waals surface area contributed by atoms with Gasteiger partial charge in [0.05, 0.1) is 5.41 Å². The maximum absolute atomic E-state index is 11.9. The van der Waals surface area contributed by atoms with Crippen LogP contribution in [0.1, 0.15) is 19.2 Å². The number of carbonyl (C=O) groups is 1. The van der Waals surface area contributed by atoms with Crippen molar-refractivity contribution in [1.29, 1.82) is 0 Å². The first kappa shape index (κ1) is 11.1. The molecule has 0 bridgehead atoms. The van der Waals surface area contributed by atoms with Gasteiger partial charge in [-0.3, -0.25) is 9.89 Å². The maximum atomic E-state index is 11.9. The Morgan fingerprint density at radius 1 is 1.69 bits per heavy atom. The fraction of sp³-hybridized carbons (Fsp3) is 0.700. The molecule has 2 rings (SSSR count).